The Balaban J connectivity index is 1.81. The fourth-order valence-electron chi connectivity index (χ4n) is 3.85. The summed E-state index contributed by atoms with van der Waals surface area (Å²) in [5, 5.41) is 3.78. The van der Waals surface area contributed by atoms with Crippen molar-refractivity contribution in [2.45, 2.75) is 63.6 Å². The molecular weight excluding hydrogens is 246 g/mol. The van der Waals surface area contributed by atoms with Gasteiger partial charge in [0.05, 0.1) is 0 Å². The minimum Gasteiger partial charge on any atom is -0.309 e. The molecule has 20 heavy (non-hydrogen) atoms. The monoisotopic (exact) mass is 273 g/mol. The van der Waals surface area contributed by atoms with Crippen molar-refractivity contribution in [3.8, 4) is 0 Å². The van der Waals surface area contributed by atoms with Crippen molar-refractivity contribution in [1.82, 2.24) is 15.2 Å². The maximum atomic E-state index is 4.14. The molecule has 2 fully saturated rings. The number of pyridine rings is 1. The van der Waals surface area contributed by atoms with Crippen molar-refractivity contribution in [3.63, 3.8) is 0 Å². The molecule has 1 aliphatic carbocycles. The molecule has 1 saturated carbocycles. The average molecular weight is 273 g/mol. The van der Waals surface area contributed by atoms with Gasteiger partial charge in [-0.05, 0) is 44.4 Å². The maximum absolute atomic E-state index is 4.14. The molecule has 110 valence electrons. The molecule has 1 N–H and O–H groups in total. The molecule has 3 nitrogen and oxygen atoms in total. The summed E-state index contributed by atoms with van der Waals surface area (Å²) >= 11 is 0. The summed E-state index contributed by atoms with van der Waals surface area (Å²) in [6.45, 7) is 7.98. The minimum absolute atomic E-state index is 0.218. The standard InChI is InChI=1S/C17H27N3/c1-16(2)14-20(12-15-6-10-18-11-7-15)17(13-19-16)8-4-3-5-9-17/h6-7,10-11,19H,3-5,8-9,12-14H2,1-2H3. The second-order valence-electron chi connectivity index (χ2n) is 7.23. The second kappa shape index (κ2) is 5.45. The third-order valence-corrected chi connectivity index (χ3v) is 5.06. The van der Waals surface area contributed by atoms with Crippen LogP contribution < -0.4 is 5.32 Å². The van der Waals surface area contributed by atoms with Gasteiger partial charge < -0.3 is 5.32 Å². The van der Waals surface area contributed by atoms with Crippen molar-refractivity contribution >= 4 is 0 Å². The Morgan fingerprint density at radius 1 is 1.15 bits per heavy atom. The van der Waals surface area contributed by atoms with E-state index in [0.29, 0.717) is 5.54 Å². The molecule has 2 aliphatic rings. The highest BCUT2D eigenvalue weighted by molar-refractivity contribution is 5.13. The van der Waals surface area contributed by atoms with Crippen molar-refractivity contribution in [3.05, 3.63) is 30.1 Å². The number of hydrogen-bond acceptors (Lipinski definition) is 3. The molecule has 1 aromatic rings. The predicted molar refractivity (Wildman–Crippen MR) is 82.5 cm³/mol. The van der Waals surface area contributed by atoms with Crippen molar-refractivity contribution in [1.29, 1.82) is 0 Å². The van der Waals surface area contributed by atoms with Gasteiger partial charge >= 0.3 is 0 Å². The number of rotatable bonds is 2. The van der Waals surface area contributed by atoms with Gasteiger partial charge in [0.25, 0.3) is 0 Å². The molecule has 0 amide bonds. The van der Waals surface area contributed by atoms with Gasteiger partial charge in [0.15, 0.2) is 0 Å². The van der Waals surface area contributed by atoms with Crippen molar-refractivity contribution in [2.75, 3.05) is 13.1 Å². The fraction of sp³-hybridized carbons (Fsp3) is 0.706. The van der Waals surface area contributed by atoms with Crippen molar-refractivity contribution < 1.29 is 0 Å². The zero-order valence-electron chi connectivity index (χ0n) is 12.9. The Morgan fingerprint density at radius 2 is 1.85 bits per heavy atom. The van der Waals surface area contributed by atoms with Gasteiger partial charge in [-0.15, -0.1) is 0 Å². The average Bonchev–Trinajstić information content (AvgIpc) is 2.46. The topological polar surface area (TPSA) is 28.2 Å². The summed E-state index contributed by atoms with van der Waals surface area (Å²) in [5.74, 6) is 0. The fourth-order valence-corrected chi connectivity index (χ4v) is 3.85. The summed E-state index contributed by atoms with van der Waals surface area (Å²) in [6.07, 6.45) is 10.7. The van der Waals surface area contributed by atoms with Crippen LogP contribution in [0.4, 0.5) is 0 Å². The molecule has 1 saturated heterocycles. The molecular formula is C17H27N3. The third kappa shape index (κ3) is 2.89. The third-order valence-electron chi connectivity index (χ3n) is 5.06. The summed E-state index contributed by atoms with van der Waals surface area (Å²) in [7, 11) is 0. The molecule has 3 rings (SSSR count). The number of nitrogens with one attached hydrogen (secondary N) is 1. The summed E-state index contributed by atoms with van der Waals surface area (Å²) in [5.41, 5.74) is 2.00. The van der Waals surface area contributed by atoms with Crippen LogP contribution in [0.15, 0.2) is 24.5 Å². The van der Waals surface area contributed by atoms with E-state index in [9.17, 15) is 0 Å². The lowest BCUT2D eigenvalue weighted by atomic mass is 9.76. The Bertz CT molecular complexity index is 435. The molecule has 0 bridgehead atoms. The van der Waals surface area contributed by atoms with Gasteiger partial charge in [0, 0.05) is 43.1 Å². The van der Waals surface area contributed by atoms with Crippen LogP contribution in [0, 0.1) is 0 Å². The normalized spacial score (nSPS) is 25.7. The van der Waals surface area contributed by atoms with Gasteiger partial charge in [-0.3, -0.25) is 9.88 Å². The first kappa shape index (κ1) is 14.0. The lowest BCUT2D eigenvalue weighted by Gasteiger charge is -2.54. The first-order chi connectivity index (χ1) is 9.60. The Morgan fingerprint density at radius 3 is 2.55 bits per heavy atom. The molecule has 1 spiro atoms. The second-order valence-corrected chi connectivity index (χ2v) is 7.23. The smallest absolute Gasteiger partial charge is 0.0338 e. The number of nitrogens with zero attached hydrogens (tertiary/aromatic N) is 2. The molecule has 2 heterocycles. The molecule has 0 atom stereocenters. The minimum atomic E-state index is 0.218. The Kier molecular flexibility index (Phi) is 3.83. The number of hydrogen-bond donors (Lipinski definition) is 1. The van der Waals surface area contributed by atoms with E-state index in [-0.39, 0.29) is 5.54 Å². The highest BCUT2D eigenvalue weighted by Crippen LogP contribution is 2.37. The molecule has 1 aromatic heterocycles. The maximum Gasteiger partial charge on any atom is 0.0338 e. The van der Waals surface area contributed by atoms with Crippen LogP contribution in [0.2, 0.25) is 0 Å². The molecule has 3 heteroatoms. The predicted octanol–water partition coefficient (Wildman–Crippen LogP) is 2.97. The molecule has 0 unspecified atom stereocenters. The van der Waals surface area contributed by atoms with Crippen LogP contribution in [-0.2, 0) is 6.54 Å². The van der Waals surface area contributed by atoms with Crippen LogP contribution in [-0.4, -0.2) is 34.1 Å². The van der Waals surface area contributed by atoms with E-state index in [1.807, 2.05) is 12.4 Å². The van der Waals surface area contributed by atoms with E-state index >= 15 is 0 Å². The largest absolute Gasteiger partial charge is 0.309 e. The van der Waals surface area contributed by atoms with Gasteiger partial charge in [-0.25, -0.2) is 0 Å². The summed E-state index contributed by atoms with van der Waals surface area (Å²) in [6, 6.07) is 4.32. The molecule has 0 aromatic carbocycles. The molecule has 0 radical (unpaired) electrons. The lowest BCUT2D eigenvalue weighted by Crippen LogP contribution is -2.68. The van der Waals surface area contributed by atoms with Gasteiger partial charge in [-0.1, -0.05) is 19.3 Å². The zero-order valence-corrected chi connectivity index (χ0v) is 12.9. The highest BCUT2D eigenvalue weighted by atomic mass is 15.3. The highest BCUT2D eigenvalue weighted by Gasteiger charge is 2.44. The van der Waals surface area contributed by atoms with Crippen molar-refractivity contribution in [2.24, 2.45) is 0 Å². The summed E-state index contributed by atoms with van der Waals surface area (Å²) in [4.78, 5) is 6.89. The lowest BCUT2D eigenvalue weighted by molar-refractivity contribution is -0.0161. The van der Waals surface area contributed by atoms with Gasteiger partial charge in [0.2, 0.25) is 0 Å². The number of aromatic nitrogens is 1. The van der Waals surface area contributed by atoms with E-state index < -0.39 is 0 Å². The van der Waals surface area contributed by atoms with Crippen LogP contribution in [0.5, 0.6) is 0 Å². The van der Waals surface area contributed by atoms with Crippen LogP contribution in [0.25, 0.3) is 0 Å². The quantitative estimate of drug-likeness (QED) is 0.898. The van der Waals surface area contributed by atoms with E-state index in [0.717, 1.165) is 19.6 Å². The van der Waals surface area contributed by atoms with E-state index in [2.05, 4.69) is 41.2 Å². The van der Waals surface area contributed by atoms with E-state index in [1.165, 1.54) is 37.7 Å². The zero-order chi connectivity index (χ0) is 14.1. The first-order valence-electron chi connectivity index (χ1n) is 7.99. The molecule has 1 aliphatic heterocycles. The van der Waals surface area contributed by atoms with Crippen LogP contribution in [0.1, 0.15) is 51.5 Å². The first-order valence-corrected chi connectivity index (χ1v) is 7.99. The van der Waals surface area contributed by atoms with Crippen LogP contribution >= 0.6 is 0 Å². The van der Waals surface area contributed by atoms with Gasteiger partial charge in [0.1, 0.15) is 0 Å². The Hall–Kier alpha value is -0.930. The number of piperazine rings is 1. The summed E-state index contributed by atoms with van der Waals surface area (Å²) < 4.78 is 0. The van der Waals surface area contributed by atoms with Crippen LogP contribution in [0.3, 0.4) is 0 Å². The van der Waals surface area contributed by atoms with Gasteiger partial charge in [-0.2, -0.15) is 0 Å². The SMILES string of the molecule is CC1(C)CN(Cc2ccncc2)C2(CCCCC2)CN1. The van der Waals surface area contributed by atoms with E-state index in [4.69, 9.17) is 0 Å². The Labute approximate surface area is 122 Å². The van der Waals surface area contributed by atoms with E-state index in [1.54, 1.807) is 0 Å².